The van der Waals surface area contributed by atoms with Crippen LogP contribution in [-0.2, 0) is 16.9 Å². The van der Waals surface area contributed by atoms with Crippen molar-refractivity contribution in [3.8, 4) is 0 Å². The first kappa shape index (κ1) is 18.8. The van der Waals surface area contributed by atoms with Gasteiger partial charge in [0.05, 0.1) is 0 Å². The molecule has 24 heavy (non-hydrogen) atoms. The highest BCUT2D eigenvalue weighted by Gasteiger charge is 2.42. The highest BCUT2D eigenvalue weighted by molar-refractivity contribution is 7.92. The zero-order valence-electron chi connectivity index (χ0n) is 12.5. The van der Waals surface area contributed by atoms with Gasteiger partial charge < -0.3 is 10.0 Å². The lowest BCUT2D eigenvalue weighted by atomic mass is 9.98. The van der Waals surface area contributed by atoms with Crippen molar-refractivity contribution in [1.29, 1.82) is 0 Å². The van der Waals surface area contributed by atoms with Gasteiger partial charge in [-0.15, -0.1) is 0 Å². The van der Waals surface area contributed by atoms with Crippen LogP contribution >= 0.6 is 11.6 Å². The molecule has 1 atom stereocenters. The SMILES string of the molecule is Cn1nc(C(F)F)c(S(=O)(=O)C(F)C2CCN(C(=O)O)CC2)c1Cl. The largest absolute Gasteiger partial charge is 0.465 e. The highest BCUT2D eigenvalue weighted by Crippen LogP contribution is 2.37. The number of amides is 1. The summed E-state index contributed by atoms with van der Waals surface area (Å²) < 4.78 is 66.2. The maximum absolute atomic E-state index is 14.6. The number of likely N-dealkylation sites (tertiary alicyclic amines) is 1. The van der Waals surface area contributed by atoms with Crippen molar-refractivity contribution >= 4 is 27.5 Å². The van der Waals surface area contributed by atoms with Gasteiger partial charge in [-0.1, -0.05) is 11.6 Å². The second kappa shape index (κ2) is 6.79. The lowest BCUT2D eigenvalue weighted by molar-refractivity contribution is 0.114. The Morgan fingerprint density at radius 1 is 1.33 bits per heavy atom. The number of sulfone groups is 1. The van der Waals surface area contributed by atoms with Gasteiger partial charge in [0.15, 0.2) is 0 Å². The summed E-state index contributed by atoms with van der Waals surface area (Å²) in [6.45, 7) is -0.0587. The third kappa shape index (κ3) is 3.32. The molecule has 1 fully saturated rings. The average molecular weight is 390 g/mol. The van der Waals surface area contributed by atoms with Gasteiger partial charge in [0, 0.05) is 26.1 Å². The predicted octanol–water partition coefficient (Wildman–Crippen LogP) is 2.47. The summed E-state index contributed by atoms with van der Waals surface area (Å²) in [5.74, 6) is -1.01. The summed E-state index contributed by atoms with van der Waals surface area (Å²) in [7, 11) is -3.62. The van der Waals surface area contributed by atoms with E-state index in [4.69, 9.17) is 16.7 Å². The van der Waals surface area contributed by atoms with E-state index in [-0.39, 0.29) is 25.9 Å². The molecular formula is C12H15ClF3N3O4S. The minimum Gasteiger partial charge on any atom is -0.465 e. The van der Waals surface area contributed by atoms with Crippen molar-refractivity contribution in [2.75, 3.05) is 13.1 Å². The summed E-state index contributed by atoms with van der Waals surface area (Å²) in [5, 5.41) is 11.6. The number of aromatic nitrogens is 2. The zero-order valence-corrected chi connectivity index (χ0v) is 14.1. The smallest absolute Gasteiger partial charge is 0.407 e. The maximum atomic E-state index is 14.6. The van der Waals surface area contributed by atoms with Crippen LogP contribution in [0.15, 0.2) is 4.90 Å². The van der Waals surface area contributed by atoms with E-state index in [1.165, 1.54) is 7.05 Å². The summed E-state index contributed by atoms with van der Waals surface area (Å²) in [5.41, 5.74) is -3.55. The van der Waals surface area contributed by atoms with Crippen LogP contribution in [0.25, 0.3) is 0 Å². The predicted molar refractivity (Wildman–Crippen MR) is 77.6 cm³/mol. The Balaban J connectivity index is 2.30. The van der Waals surface area contributed by atoms with Crippen molar-refractivity contribution in [2.45, 2.75) is 29.7 Å². The number of hydrogen-bond acceptors (Lipinski definition) is 4. The van der Waals surface area contributed by atoms with Crippen molar-refractivity contribution in [2.24, 2.45) is 13.0 Å². The van der Waals surface area contributed by atoms with Crippen LogP contribution in [0.3, 0.4) is 0 Å². The lowest BCUT2D eigenvalue weighted by Crippen LogP contribution is -2.41. The van der Waals surface area contributed by atoms with Crippen LogP contribution in [0.4, 0.5) is 18.0 Å². The summed E-state index contributed by atoms with van der Waals surface area (Å²) in [4.78, 5) is 10.9. The number of halogens is 4. The molecule has 0 aromatic carbocycles. The Labute approximate surface area is 140 Å². The van der Waals surface area contributed by atoms with Gasteiger partial charge in [-0.2, -0.15) is 5.10 Å². The third-order valence-electron chi connectivity index (χ3n) is 3.93. The van der Waals surface area contributed by atoms with E-state index in [0.29, 0.717) is 0 Å². The molecule has 1 N–H and O–H groups in total. The first-order valence-electron chi connectivity index (χ1n) is 6.93. The van der Waals surface area contributed by atoms with Crippen molar-refractivity contribution in [3.05, 3.63) is 10.8 Å². The number of nitrogens with zero attached hydrogens (tertiary/aromatic N) is 3. The fourth-order valence-electron chi connectivity index (χ4n) is 2.63. The number of alkyl halides is 3. The highest BCUT2D eigenvalue weighted by atomic mass is 35.5. The van der Waals surface area contributed by atoms with Crippen LogP contribution in [0.2, 0.25) is 5.15 Å². The topological polar surface area (TPSA) is 92.5 Å². The number of hydrogen-bond donors (Lipinski definition) is 1. The van der Waals surface area contributed by atoms with Crippen molar-refractivity contribution < 1.29 is 31.5 Å². The number of carboxylic acid groups (broad SMARTS) is 1. The number of carbonyl (C=O) groups is 1. The second-order valence-corrected chi connectivity index (χ2v) is 7.74. The second-order valence-electron chi connectivity index (χ2n) is 5.43. The number of aryl methyl sites for hydroxylation is 1. The lowest BCUT2D eigenvalue weighted by Gasteiger charge is -2.31. The molecule has 0 spiro atoms. The normalized spacial score (nSPS) is 18.2. The Hall–Kier alpha value is -1.49. The molecular weight excluding hydrogens is 375 g/mol. The van der Waals surface area contributed by atoms with Crippen LogP contribution in [0.5, 0.6) is 0 Å². The van der Waals surface area contributed by atoms with Gasteiger partial charge in [-0.25, -0.2) is 26.4 Å². The molecule has 2 heterocycles. The van der Waals surface area contributed by atoms with E-state index in [1.807, 2.05) is 0 Å². The quantitative estimate of drug-likeness (QED) is 0.854. The molecule has 136 valence electrons. The van der Waals surface area contributed by atoms with Crippen LogP contribution in [0.1, 0.15) is 25.0 Å². The molecule has 1 amide bonds. The minimum absolute atomic E-state index is 0.0293. The van der Waals surface area contributed by atoms with Crippen molar-refractivity contribution in [3.63, 3.8) is 0 Å². The maximum Gasteiger partial charge on any atom is 0.407 e. The number of rotatable bonds is 4. The standard InChI is InChI=1S/C12H15ClF3N3O4S/c1-18-9(13)8(7(17-18)10(14)15)24(22,23)11(16)6-2-4-19(5-3-6)12(20)21/h6,10-11H,2-5H2,1H3,(H,20,21). The molecule has 0 bridgehead atoms. The Morgan fingerprint density at radius 2 is 1.88 bits per heavy atom. The third-order valence-corrected chi connectivity index (χ3v) is 6.43. The van der Waals surface area contributed by atoms with Crippen LogP contribution in [0, 0.1) is 5.92 Å². The molecule has 1 aromatic heterocycles. The molecule has 1 unspecified atom stereocenters. The summed E-state index contributed by atoms with van der Waals surface area (Å²) >= 11 is 5.73. The van der Waals surface area contributed by atoms with Crippen LogP contribution in [-0.4, -0.2) is 52.9 Å². The Kier molecular flexibility index (Phi) is 5.33. The fourth-order valence-corrected chi connectivity index (χ4v) is 4.88. The van der Waals surface area contributed by atoms with Gasteiger partial charge >= 0.3 is 6.09 Å². The number of piperidine rings is 1. The molecule has 0 saturated carbocycles. The van der Waals surface area contributed by atoms with Crippen LogP contribution < -0.4 is 0 Å². The first-order chi connectivity index (χ1) is 11.1. The molecule has 0 radical (unpaired) electrons. The summed E-state index contributed by atoms with van der Waals surface area (Å²) in [6, 6.07) is 0. The molecule has 0 aliphatic carbocycles. The molecule has 7 nitrogen and oxygen atoms in total. The molecule has 2 rings (SSSR count). The van der Waals surface area contributed by atoms with Gasteiger partial charge in [0.25, 0.3) is 6.43 Å². The molecule has 1 saturated heterocycles. The van der Waals surface area contributed by atoms with Gasteiger partial charge in [0.2, 0.25) is 15.3 Å². The van der Waals surface area contributed by atoms with Gasteiger partial charge in [-0.3, -0.25) is 4.68 Å². The zero-order chi connectivity index (χ0) is 18.2. The van der Waals surface area contributed by atoms with Crippen molar-refractivity contribution in [1.82, 2.24) is 14.7 Å². The van der Waals surface area contributed by atoms with E-state index in [9.17, 15) is 26.4 Å². The molecule has 12 heteroatoms. The monoisotopic (exact) mass is 389 g/mol. The van der Waals surface area contributed by atoms with E-state index in [2.05, 4.69) is 5.10 Å². The molecule has 1 aliphatic heterocycles. The van der Waals surface area contributed by atoms with Gasteiger partial charge in [0.1, 0.15) is 15.7 Å². The Morgan fingerprint density at radius 3 is 2.33 bits per heavy atom. The van der Waals surface area contributed by atoms with Gasteiger partial charge in [-0.05, 0) is 12.8 Å². The van der Waals surface area contributed by atoms with E-state index in [1.54, 1.807) is 0 Å². The Bertz CT molecular complexity index is 732. The van der Waals surface area contributed by atoms with E-state index in [0.717, 1.165) is 9.58 Å². The summed E-state index contributed by atoms with van der Waals surface area (Å²) in [6.07, 6.45) is -4.47. The average Bonchev–Trinajstić information content (AvgIpc) is 2.83. The molecule has 1 aromatic rings. The fraction of sp³-hybridized carbons (Fsp3) is 0.667. The first-order valence-corrected chi connectivity index (χ1v) is 8.86. The van der Waals surface area contributed by atoms with E-state index >= 15 is 0 Å². The minimum atomic E-state index is -4.79. The molecule has 1 aliphatic rings. The van der Waals surface area contributed by atoms with E-state index < -0.39 is 49.5 Å².